The van der Waals surface area contributed by atoms with Gasteiger partial charge in [0.05, 0.1) is 0 Å². The van der Waals surface area contributed by atoms with Crippen LogP contribution in [0.3, 0.4) is 0 Å². The highest BCUT2D eigenvalue weighted by Gasteiger charge is 2.51. The van der Waals surface area contributed by atoms with E-state index >= 15 is 0 Å². The Kier molecular flexibility index (Phi) is 3.10. The van der Waals surface area contributed by atoms with Gasteiger partial charge in [0.15, 0.2) is 0 Å². The Morgan fingerprint density at radius 2 is 1.79 bits per heavy atom. The molecular formula is C21H26N2O. The Morgan fingerprint density at radius 1 is 1.12 bits per heavy atom. The molecule has 1 amide bonds. The largest absolute Gasteiger partial charge is 0.351 e. The van der Waals surface area contributed by atoms with Crippen molar-refractivity contribution in [1.82, 2.24) is 4.57 Å². The zero-order valence-electron chi connectivity index (χ0n) is 14.4. The van der Waals surface area contributed by atoms with Crippen molar-refractivity contribution in [2.45, 2.75) is 44.9 Å². The predicted octanol–water partition coefficient (Wildman–Crippen LogP) is 4.72. The van der Waals surface area contributed by atoms with Crippen LogP contribution in [-0.2, 0) is 11.8 Å². The molecule has 6 rings (SSSR count). The summed E-state index contributed by atoms with van der Waals surface area (Å²) in [6.07, 6.45) is 11.0. The summed E-state index contributed by atoms with van der Waals surface area (Å²) in [4.78, 5) is 12.7. The number of carbonyl (C=O) groups is 1. The van der Waals surface area contributed by atoms with E-state index in [-0.39, 0.29) is 5.91 Å². The van der Waals surface area contributed by atoms with Crippen molar-refractivity contribution >= 4 is 22.5 Å². The first-order valence-corrected chi connectivity index (χ1v) is 9.44. The van der Waals surface area contributed by atoms with Gasteiger partial charge in [-0.1, -0.05) is 0 Å². The number of benzene rings is 1. The molecule has 3 nitrogen and oxygen atoms in total. The Balaban J connectivity index is 1.31. The molecule has 1 aromatic carbocycles. The third kappa shape index (κ3) is 2.37. The zero-order valence-corrected chi connectivity index (χ0v) is 14.4. The first-order chi connectivity index (χ1) is 11.6. The van der Waals surface area contributed by atoms with Gasteiger partial charge in [-0.2, -0.15) is 0 Å². The summed E-state index contributed by atoms with van der Waals surface area (Å²) in [5.41, 5.74) is 2.45. The number of rotatable bonds is 3. The number of aryl methyl sites for hydroxylation is 1. The average Bonchev–Trinajstić information content (AvgIpc) is 2.86. The van der Waals surface area contributed by atoms with Gasteiger partial charge < -0.3 is 9.88 Å². The van der Waals surface area contributed by atoms with E-state index in [4.69, 9.17) is 0 Å². The van der Waals surface area contributed by atoms with E-state index in [0.29, 0.717) is 5.41 Å². The molecule has 4 aliphatic carbocycles. The van der Waals surface area contributed by atoms with Crippen LogP contribution in [0.5, 0.6) is 0 Å². The molecule has 0 aliphatic heterocycles. The lowest BCUT2D eigenvalue weighted by Gasteiger charge is -2.56. The number of anilines is 1. The second-order valence-corrected chi connectivity index (χ2v) is 8.84. The van der Waals surface area contributed by atoms with Crippen LogP contribution < -0.4 is 5.32 Å². The van der Waals surface area contributed by atoms with Crippen LogP contribution >= 0.6 is 0 Å². The summed E-state index contributed by atoms with van der Waals surface area (Å²) in [6, 6.07) is 8.31. The monoisotopic (exact) mass is 322 g/mol. The van der Waals surface area contributed by atoms with Crippen LogP contribution in [0.4, 0.5) is 5.69 Å². The lowest BCUT2D eigenvalue weighted by atomic mass is 9.49. The molecule has 0 radical (unpaired) electrons. The predicted molar refractivity (Wildman–Crippen MR) is 96.8 cm³/mol. The summed E-state index contributed by atoms with van der Waals surface area (Å²) < 4.78 is 2.11. The minimum Gasteiger partial charge on any atom is -0.351 e. The number of fused-ring (bicyclic) bond motifs is 1. The number of nitrogens with zero attached hydrogens (tertiary/aromatic N) is 1. The fraction of sp³-hybridized carbons (Fsp3) is 0.571. The molecule has 0 atom stereocenters. The molecule has 24 heavy (non-hydrogen) atoms. The summed E-state index contributed by atoms with van der Waals surface area (Å²) >= 11 is 0. The zero-order chi connectivity index (χ0) is 16.3. The molecule has 4 bridgehead atoms. The second-order valence-electron chi connectivity index (χ2n) is 8.84. The SMILES string of the molecule is Cn1ccc2cc(NC(=O)CC34CC5CC(CC(C5)C3)C4)ccc21. The Hall–Kier alpha value is -1.77. The first kappa shape index (κ1) is 14.6. The highest BCUT2D eigenvalue weighted by atomic mass is 16.1. The van der Waals surface area contributed by atoms with Crippen LogP contribution in [0, 0.1) is 23.2 Å². The smallest absolute Gasteiger partial charge is 0.224 e. The molecule has 0 spiro atoms. The van der Waals surface area contributed by atoms with Crippen molar-refractivity contribution < 1.29 is 4.79 Å². The van der Waals surface area contributed by atoms with Gasteiger partial charge in [0.2, 0.25) is 5.91 Å². The van der Waals surface area contributed by atoms with E-state index in [1.165, 1.54) is 49.4 Å². The van der Waals surface area contributed by atoms with Crippen LogP contribution in [-0.4, -0.2) is 10.5 Å². The fourth-order valence-corrected chi connectivity index (χ4v) is 6.41. The second kappa shape index (κ2) is 5.11. The minimum absolute atomic E-state index is 0.215. The van der Waals surface area contributed by atoms with E-state index in [1.807, 2.05) is 13.1 Å². The summed E-state index contributed by atoms with van der Waals surface area (Å²) in [7, 11) is 2.05. The van der Waals surface area contributed by atoms with E-state index in [2.05, 4.69) is 34.3 Å². The standard InChI is InChI=1S/C21H26N2O/c1-23-5-4-17-9-18(2-3-19(17)23)22-20(24)13-21-10-14-6-15(11-21)8-16(7-14)12-21/h2-5,9,14-16H,6-8,10-13H2,1H3,(H,22,24). The molecule has 4 saturated carbocycles. The molecule has 0 saturated heterocycles. The number of hydrogen-bond donors (Lipinski definition) is 1. The number of amides is 1. The first-order valence-electron chi connectivity index (χ1n) is 9.44. The molecule has 0 unspecified atom stereocenters. The van der Waals surface area contributed by atoms with E-state index in [1.54, 1.807) is 0 Å². The molecule has 126 valence electrons. The number of aromatic nitrogens is 1. The molecular weight excluding hydrogens is 296 g/mol. The highest BCUT2D eigenvalue weighted by Crippen LogP contribution is 2.61. The quantitative estimate of drug-likeness (QED) is 0.871. The van der Waals surface area contributed by atoms with Gasteiger partial charge in [0.1, 0.15) is 0 Å². The molecule has 3 heteroatoms. The molecule has 2 aromatic rings. The summed E-state index contributed by atoms with van der Waals surface area (Å²) in [5.74, 6) is 2.94. The van der Waals surface area contributed by atoms with Crippen molar-refractivity contribution in [2.75, 3.05) is 5.32 Å². The van der Waals surface area contributed by atoms with Gasteiger partial charge in [-0.05, 0) is 86.0 Å². The van der Waals surface area contributed by atoms with Crippen molar-refractivity contribution in [3.05, 3.63) is 30.5 Å². The molecule has 4 fully saturated rings. The molecule has 4 aliphatic rings. The topological polar surface area (TPSA) is 34.0 Å². The van der Waals surface area contributed by atoms with Crippen molar-refractivity contribution in [3.8, 4) is 0 Å². The van der Waals surface area contributed by atoms with Gasteiger partial charge in [-0.15, -0.1) is 0 Å². The van der Waals surface area contributed by atoms with Crippen LogP contribution in [0.15, 0.2) is 30.5 Å². The van der Waals surface area contributed by atoms with Gasteiger partial charge in [0, 0.05) is 36.3 Å². The molecule has 1 N–H and O–H groups in total. The number of nitrogens with one attached hydrogen (secondary N) is 1. The maximum absolute atomic E-state index is 12.7. The fourth-order valence-electron chi connectivity index (χ4n) is 6.41. The Labute approximate surface area is 143 Å². The van der Waals surface area contributed by atoms with Gasteiger partial charge in [-0.25, -0.2) is 0 Å². The van der Waals surface area contributed by atoms with Crippen LogP contribution in [0.1, 0.15) is 44.9 Å². The molecule has 1 heterocycles. The third-order valence-corrected chi connectivity index (χ3v) is 6.87. The average molecular weight is 322 g/mol. The van der Waals surface area contributed by atoms with E-state index < -0.39 is 0 Å². The van der Waals surface area contributed by atoms with Gasteiger partial charge >= 0.3 is 0 Å². The lowest BCUT2D eigenvalue weighted by Crippen LogP contribution is -2.47. The maximum atomic E-state index is 12.7. The number of carbonyl (C=O) groups excluding carboxylic acids is 1. The van der Waals surface area contributed by atoms with Crippen molar-refractivity contribution in [3.63, 3.8) is 0 Å². The van der Waals surface area contributed by atoms with Gasteiger partial charge in [0.25, 0.3) is 0 Å². The molecule has 1 aromatic heterocycles. The van der Waals surface area contributed by atoms with Crippen molar-refractivity contribution in [1.29, 1.82) is 0 Å². The number of hydrogen-bond acceptors (Lipinski definition) is 1. The Bertz CT molecular complexity index is 768. The maximum Gasteiger partial charge on any atom is 0.224 e. The summed E-state index contributed by atoms with van der Waals surface area (Å²) in [6.45, 7) is 0. The third-order valence-electron chi connectivity index (χ3n) is 6.87. The van der Waals surface area contributed by atoms with Crippen LogP contribution in [0.25, 0.3) is 10.9 Å². The lowest BCUT2D eigenvalue weighted by molar-refractivity contribution is -0.124. The normalized spacial score (nSPS) is 34.0. The van der Waals surface area contributed by atoms with Crippen molar-refractivity contribution in [2.24, 2.45) is 30.2 Å². The minimum atomic E-state index is 0.215. The Morgan fingerprint density at radius 3 is 2.46 bits per heavy atom. The summed E-state index contributed by atoms with van der Waals surface area (Å²) in [5, 5.41) is 4.36. The van der Waals surface area contributed by atoms with Crippen LogP contribution in [0.2, 0.25) is 0 Å². The van der Waals surface area contributed by atoms with E-state index in [0.717, 1.165) is 29.9 Å². The highest BCUT2D eigenvalue weighted by molar-refractivity contribution is 5.94. The van der Waals surface area contributed by atoms with Gasteiger partial charge in [-0.3, -0.25) is 4.79 Å². The van der Waals surface area contributed by atoms with E-state index in [9.17, 15) is 4.79 Å².